The van der Waals surface area contributed by atoms with Gasteiger partial charge >= 0.3 is 11.9 Å². The van der Waals surface area contributed by atoms with Crippen molar-refractivity contribution >= 4 is 11.9 Å². The minimum atomic E-state index is -0.640. The second-order valence-electron chi connectivity index (χ2n) is 9.44. The second kappa shape index (κ2) is 8.65. The number of aliphatic hydroxyl groups excluding tert-OH is 1. The zero-order valence-corrected chi connectivity index (χ0v) is 19.5. The van der Waals surface area contributed by atoms with Crippen LogP contribution in [0.2, 0.25) is 0 Å². The molecule has 2 aliphatic rings. The number of aliphatic hydroxyl groups is 1. The molecule has 0 spiro atoms. The molecule has 1 fully saturated rings. The lowest BCUT2D eigenvalue weighted by molar-refractivity contribution is -0.198. The average molecular weight is 431 g/mol. The van der Waals surface area contributed by atoms with Crippen LogP contribution in [0.1, 0.15) is 83.5 Å². The van der Waals surface area contributed by atoms with Gasteiger partial charge in [-0.1, -0.05) is 25.5 Å². The van der Waals surface area contributed by atoms with Gasteiger partial charge in [0.25, 0.3) is 0 Å². The Morgan fingerprint density at radius 3 is 2.52 bits per heavy atom. The molecule has 3 rings (SSSR count). The van der Waals surface area contributed by atoms with Crippen molar-refractivity contribution in [1.82, 2.24) is 0 Å². The molecule has 6 atom stereocenters. The Hall–Kier alpha value is -2.34. The highest BCUT2D eigenvalue weighted by atomic mass is 16.6. The van der Waals surface area contributed by atoms with Gasteiger partial charge in [-0.25, -0.2) is 9.59 Å². The molecule has 0 aromatic carbocycles. The van der Waals surface area contributed by atoms with Crippen LogP contribution in [-0.2, 0) is 19.1 Å². The van der Waals surface area contributed by atoms with Gasteiger partial charge in [0.2, 0.25) is 0 Å². The van der Waals surface area contributed by atoms with E-state index in [0.717, 1.165) is 16.7 Å². The summed E-state index contributed by atoms with van der Waals surface area (Å²) >= 11 is 0. The van der Waals surface area contributed by atoms with E-state index in [1.165, 1.54) is 6.08 Å². The molecule has 1 aromatic heterocycles. The summed E-state index contributed by atoms with van der Waals surface area (Å²) in [5.74, 6) is -0.627. The Bertz CT molecular complexity index is 918. The smallest absolute Gasteiger partial charge is 0.334 e. The first-order valence-corrected chi connectivity index (χ1v) is 11.0. The number of esters is 2. The van der Waals surface area contributed by atoms with Crippen molar-refractivity contribution < 1.29 is 28.6 Å². The molecule has 31 heavy (non-hydrogen) atoms. The van der Waals surface area contributed by atoms with Crippen LogP contribution < -0.4 is 0 Å². The predicted octanol–water partition coefficient (Wildman–Crippen LogP) is 5.12. The Morgan fingerprint density at radius 2 is 1.90 bits per heavy atom. The zero-order chi connectivity index (χ0) is 23.1. The Morgan fingerprint density at radius 1 is 1.23 bits per heavy atom. The maximum Gasteiger partial charge on any atom is 0.334 e. The number of allylic oxidation sites excluding steroid dienone is 2. The predicted molar refractivity (Wildman–Crippen MR) is 116 cm³/mol. The molecule has 1 N–H and O–H groups in total. The van der Waals surface area contributed by atoms with E-state index in [1.54, 1.807) is 26.2 Å². The SMILES string of the molecule is C/C=C(\C)C(=O)O[C@H]1c2occ(C)c2[C@@H](OC(=O)C=C(C)C)[C@@]2(C)[C@H](C)[C@@H](O)CC[C@H]12. The van der Waals surface area contributed by atoms with Gasteiger partial charge in [0.1, 0.15) is 6.10 Å². The van der Waals surface area contributed by atoms with Gasteiger partial charge in [0.15, 0.2) is 11.9 Å². The van der Waals surface area contributed by atoms with E-state index in [2.05, 4.69) is 0 Å². The van der Waals surface area contributed by atoms with Gasteiger partial charge < -0.3 is 19.0 Å². The molecule has 0 radical (unpaired) electrons. The minimum absolute atomic E-state index is 0.165. The summed E-state index contributed by atoms with van der Waals surface area (Å²) in [6.45, 7) is 13.1. The van der Waals surface area contributed by atoms with Crippen LogP contribution in [0.25, 0.3) is 0 Å². The molecule has 0 amide bonds. The third-order valence-electron chi connectivity index (χ3n) is 7.26. The molecule has 0 saturated heterocycles. The first-order valence-electron chi connectivity index (χ1n) is 11.0. The number of hydrogen-bond acceptors (Lipinski definition) is 6. The lowest BCUT2D eigenvalue weighted by Crippen LogP contribution is -2.54. The van der Waals surface area contributed by atoms with Crippen LogP contribution >= 0.6 is 0 Å². The fraction of sp³-hybridized carbons (Fsp3) is 0.600. The standard InChI is InChI=1S/C25H34O6/c1-8-14(4)24(28)31-21-17-9-10-18(26)16(6)25(17,7)23(30-19(27)11-13(2)3)20-15(5)12-29-22(20)21/h8,11-12,16-18,21,23,26H,9-10H2,1-7H3/b14-8+/t16-,17-,18+,21-,23-,25+/m1/s1. The Kier molecular flexibility index (Phi) is 6.51. The maximum absolute atomic E-state index is 12.7. The van der Waals surface area contributed by atoms with E-state index in [9.17, 15) is 14.7 Å². The average Bonchev–Trinajstić information content (AvgIpc) is 3.08. The lowest BCUT2D eigenvalue weighted by atomic mass is 9.52. The summed E-state index contributed by atoms with van der Waals surface area (Å²) in [5, 5.41) is 10.7. The molecule has 0 aliphatic heterocycles. The van der Waals surface area contributed by atoms with Crippen LogP contribution in [-0.4, -0.2) is 23.1 Å². The molecule has 1 heterocycles. The minimum Gasteiger partial charge on any atom is -0.465 e. The van der Waals surface area contributed by atoms with E-state index in [0.29, 0.717) is 24.2 Å². The largest absolute Gasteiger partial charge is 0.465 e. The number of carbonyl (C=O) groups is 2. The van der Waals surface area contributed by atoms with Crippen LogP contribution in [0.3, 0.4) is 0 Å². The van der Waals surface area contributed by atoms with E-state index >= 15 is 0 Å². The summed E-state index contributed by atoms with van der Waals surface area (Å²) in [4.78, 5) is 25.4. The van der Waals surface area contributed by atoms with Crippen molar-refractivity contribution in [2.45, 2.75) is 79.6 Å². The maximum atomic E-state index is 12.7. The number of carbonyl (C=O) groups excluding carboxylic acids is 2. The molecule has 6 heteroatoms. The molecule has 6 nitrogen and oxygen atoms in total. The summed E-state index contributed by atoms with van der Waals surface area (Å²) in [7, 11) is 0. The molecule has 1 aromatic rings. The molecule has 2 aliphatic carbocycles. The fourth-order valence-electron chi connectivity index (χ4n) is 5.13. The first kappa shape index (κ1) is 23.3. The van der Waals surface area contributed by atoms with Gasteiger partial charge in [0, 0.05) is 28.5 Å². The topological polar surface area (TPSA) is 86.0 Å². The number of hydrogen-bond donors (Lipinski definition) is 1. The van der Waals surface area contributed by atoms with E-state index < -0.39 is 35.7 Å². The van der Waals surface area contributed by atoms with E-state index in [-0.39, 0.29) is 11.8 Å². The molecule has 170 valence electrons. The summed E-state index contributed by atoms with van der Waals surface area (Å²) in [6.07, 6.45) is 4.27. The van der Waals surface area contributed by atoms with Crippen molar-refractivity contribution in [3.63, 3.8) is 0 Å². The highest BCUT2D eigenvalue weighted by Crippen LogP contribution is 2.63. The van der Waals surface area contributed by atoms with Crippen molar-refractivity contribution in [3.05, 3.63) is 46.4 Å². The van der Waals surface area contributed by atoms with Crippen molar-refractivity contribution in [2.24, 2.45) is 17.3 Å². The second-order valence-corrected chi connectivity index (χ2v) is 9.44. The highest BCUT2D eigenvalue weighted by molar-refractivity contribution is 5.87. The number of aryl methyl sites for hydroxylation is 1. The number of furan rings is 1. The molecule has 0 bridgehead atoms. The van der Waals surface area contributed by atoms with Gasteiger partial charge in [0.05, 0.1) is 12.4 Å². The summed E-state index contributed by atoms with van der Waals surface area (Å²) in [5.41, 5.74) is 2.30. The van der Waals surface area contributed by atoms with Crippen molar-refractivity contribution in [2.75, 3.05) is 0 Å². The van der Waals surface area contributed by atoms with Gasteiger partial charge in [-0.2, -0.15) is 0 Å². The molecule has 0 unspecified atom stereocenters. The van der Waals surface area contributed by atoms with Crippen LogP contribution in [0, 0.1) is 24.2 Å². The zero-order valence-electron chi connectivity index (χ0n) is 19.5. The number of rotatable bonds is 4. The number of ether oxygens (including phenoxy) is 2. The van der Waals surface area contributed by atoms with E-state index in [4.69, 9.17) is 13.9 Å². The van der Waals surface area contributed by atoms with Crippen LogP contribution in [0.4, 0.5) is 0 Å². The molecule has 1 saturated carbocycles. The third kappa shape index (κ3) is 3.98. The summed E-state index contributed by atoms with van der Waals surface area (Å²) in [6, 6.07) is 0. The highest BCUT2D eigenvalue weighted by Gasteiger charge is 2.61. The molecular formula is C25H34O6. The third-order valence-corrected chi connectivity index (χ3v) is 7.26. The summed E-state index contributed by atoms with van der Waals surface area (Å²) < 4.78 is 17.9. The number of fused-ring (bicyclic) bond motifs is 2. The van der Waals surface area contributed by atoms with Crippen LogP contribution in [0.15, 0.2) is 34.0 Å². The van der Waals surface area contributed by atoms with Gasteiger partial charge in [-0.05, 0) is 58.9 Å². The lowest BCUT2D eigenvalue weighted by Gasteiger charge is -2.55. The van der Waals surface area contributed by atoms with E-state index in [1.807, 2.05) is 34.6 Å². The van der Waals surface area contributed by atoms with Crippen molar-refractivity contribution in [1.29, 1.82) is 0 Å². The normalized spacial score (nSPS) is 32.5. The Balaban J connectivity index is 2.15. The fourth-order valence-corrected chi connectivity index (χ4v) is 5.13. The van der Waals surface area contributed by atoms with Crippen molar-refractivity contribution in [3.8, 4) is 0 Å². The van der Waals surface area contributed by atoms with Gasteiger partial charge in [-0.15, -0.1) is 0 Å². The quantitative estimate of drug-likeness (QED) is 0.527. The molecular weight excluding hydrogens is 396 g/mol. The van der Waals surface area contributed by atoms with Gasteiger partial charge in [-0.3, -0.25) is 0 Å². The monoisotopic (exact) mass is 430 g/mol. The first-order chi connectivity index (χ1) is 14.5. The van der Waals surface area contributed by atoms with Crippen LogP contribution in [0.5, 0.6) is 0 Å². The Labute approximate surface area is 184 Å².